The number of carbonyl (C=O) groups excluding carboxylic acids is 1. The van der Waals surface area contributed by atoms with Crippen molar-refractivity contribution < 1.29 is 4.79 Å². The lowest BCUT2D eigenvalue weighted by Crippen LogP contribution is -2.41. The highest BCUT2D eigenvalue weighted by atomic mass is 32.1. The van der Waals surface area contributed by atoms with Crippen LogP contribution < -0.4 is 4.90 Å². The first kappa shape index (κ1) is 13.1. The second kappa shape index (κ2) is 5.23. The first-order valence-corrected chi connectivity index (χ1v) is 8.22. The molecule has 0 amide bonds. The van der Waals surface area contributed by atoms with Crippen molar-refractivity contribution in [3.63, 3.8) is 0 Å². The molecule has 0 radical (unpaired) electrons. The van der Waals surface area contributed by atoms with Crippen LogP contribution in [0.1, 0.15) is 61.5 Å². The number of aromatic nitrogens is 1. The van der Waals surface area contributed by atoms with Gasteiger partial charge in [0.25, 0.3) is 0 Å². The van der Waals surface area contributed by atoms with Gasteiger partial charge in [-0.05, 0) is 31.1 Å². The standard InChI is InChI=1S/C15H22N2OS/c1-12(18)13-11-16-14(19-13)17-9-7-15(8-10-17)5-3-2-4-6-15/h11H,2-10H2,1H3. The second-order valence-corrected chi connectivity index (χ2v) is 7.12. The van der Waals surface area contributed by atoms with Gasteiger partial charge >= 0.3 is 0 Å². The van der Waals surface area contributed by atoms with Crippen molar-refractivity contribution in [3.05, 3.63) is 11.1 Å². The third-order valence-corrected chi connectivity index (χ3v) is 6.01. The van der Waals surface area contributed by atoms with Gasteiger partial charge in [-0.25, -0.2) is 4.98 Å². The van der Waals surface area contributed by atoms with Crippen LogP contribution in [0.5, 0.6) is 0 Å². The molecule has 1 saturated carbocycles. The first-order valence-electron chi connectivity index (χ1n) is 7.40. The Kier molecular flexibility index (Phi) is 3.61. The predicted molar refractivity (Wildman–Crippen MR) is 79.1 cm³/mol. The van der Waals surface area contributed by atoms with Crippen molar-refractivity contribution in [2.24, 2.45) is 5.41 Å². The molecule has 2 fully saturated rings. The van der Waals surface area contributed by atoms with E-state index in [0.29, 0.717) is 5.41 Å². The predicted octanol–water partition coefficient (Wildman–Crippen LogP) is 3.90. The molecule has 0 unspecified atom stereocenters. The highest BCUT2D eigenvalue weighted by Crippen LogP contribution is 2.45. The molecule has 1 spiro atoms. The highest BCUT2D eigenvalue weighted by Gasteiger charge is 2.36. The van der Waals surface area contributed by atoms with Crippen molar-refractivity contribution in [1.29, 1.82) is 0 Å². The van der Waals surface area contributed by atoms with Crippen LogP contribution in [-0.2, 0) is 0 Å². The van der Waals surface area contributed by atoms with Gasteiger partial charge in [0.1, 0.15) is 0 Å². The SMILES string of the molecule is CC(=O)c1cnc(N2CCC3(CCCCC3)CC2)s1. The maximum atomic E-state index is 11.3. The van der Waals surface area contributed by atoms with E-state index < -0.39 is 0 Å². The van der Waals surface area contributed by atoms with Gasteiger partial charge in [0.2, 0.25) is 0 Å². The molecule has 0 N–H and O–H groups in total. The van der Waals surface area contributed by atoms with Gasteiger partial charge in [0.05, 0.1) is 11.1 Å². The number of piperidine rings is 1. The van der Waals surface area contributed by atoms with Gasteiger partial charge in [-0.15, -0.1) is 0 Å². The number of ketones is 1. The van der Waals surface area contributed by atoms with E-state index in [1.807, 2.05) is 0 Å². The fourth-order valence-corrected chi connectivity index (χ4v) is 4.41. The van der Waals surface area contributed by atoms with Gasteiger partial charge in [-0.1, -0.05) is 30.6 Å². The van der Waals surface area contributed by atoms with Crippen LogP contribution >= 0.6 is 11.3 Å². The molecule has 3 rings (SSSR count). The van der Waals surface area contributed by atoms with Crippen molar-refractivity contribution in [2.75, 3.05) is 18.0 Å². The molecular weight excluding hydrogens is 256 g/mol. The van der Waals surface area contributed by atoms with Gasteiger partial charge in [-0.3, -0.25) is 4.79 Å². The Bertz CT molecular complexity index is 452. The smallest absolute Gasteiger partial charge is 0.185 e. The van der Waals surface area contributed by atoms with Gasteiger partial charge in [0, 0.05) is 20.0 Å². The number of nitrogens with zero attached hydrogens (tertiary/aromatic N) is 2. The lowest BCUT2D eigenvalue weighted by atomic mass is 9.68. The average Bonchev–Trinajstić information content (AvgIpc) is 2.90. The molecule has 1 saturated heterocycles. The molecule has 1 aromatic heterocycles. The molecule has 0 bridgehead atoms. The van der Waals surface area contributed by atoms with Gasteiger partial charge < -0.3 is 4.90 Å². The van der Waals surface area contributed by atoms with E-state index in [4.69, 9.17) is 0 Å². The van der Waals surface area contributed by atoms with Crippen LogP contribution in [0.3, 0.4) is 0 Å². The Morgan fingerprint density at radius 1 is 1.21 bits per heavy atom. The normalized spacial score (nSPS) is 22.7. The molecule has 1 aliphatic heterocycles. The average molecular weight is 278 g/mol. The zero-order valence-electron chi connectivity index (χ0n) is 11.7. The third-order valence-electron chi connectivity index (χ3n) is 4.85. The maximum absolute atomic E-state index is 11.3. The van der Waals surface area contributed by atoms with E-state index in [1.165, 1.54) is 44.9 Å². The quantitative estimate of drug-likeness (QED) is 0.769. The summed E-state index contributed by atoms with van der Waals surface area (Å²) < 4.78 is 0. The molecule has 1 aromatic rings. The molecule has 0 aromatic carbocycles. The van der Waals surface area contributed by atoms with Crippen molar-refractivity contribution in [1.82, 2.24) is 4.98 Å². The van der Waals surface area contributed by atoms with Crippen LogP contribution in [0.4, 0.5) is 5.13 Å². The van der Waals surface area contributed by atoms with Crippen LogP contribution in [0.15, 0.2) is 6.20 Å². The van der Waals surface area contributed by atoms with Crippen LogP contribution in [-0.4, -0.2) is 23.9 Å². The number of Topliss-reactive ketones (excluding diaryl/α,β-unsaturated/α-hetero) is 1. The van der Waals surface area contributed by atoms with Crippen molar-refractivity contribution >= 4 is 22.3 Å². The molecule has 2 aliphatic rings. The van der Waals surface area contributed by atoms with Crippen LogP contribution in [0, 0.1) is 5.41 Å². The zero-order valence-corrected chi connectivity index (χ0v) is 12.5. The molecule has 3 nitrogen and oxygen atoms in total. The molecule has 4 heteroatoms. The van der Waals surface area contributed by atoms with E-state index in [2.05, 4.69) is 9.88 Å². The van der Waals surface area contributed by atoms with E-state index in [0.717, 1.165) is 23.1 Å². The lowest BCUT2D eigenvalue weighted by molar-refractivity contribution is 0.102. The molecule has 2 heterocycles. The summed E-state index contributed by atoms with van der Waals surface area (Å²) in [5, 5.41) is 1.04. The number of hydrogen-bond acceptors (Lipinski definition) is 4. The zero-order chi connectivity index (χ0) is 13.3. The molecule has 1 aliphatic carbocycles. The van der Waals surface area contributed by atoms with E-state index in [1.54, 1.807) is 24.5 Å². The summed E-state index contributed by atoms with van der Waals surface area (Å²) in [4.78, 5) is 18.9. The Hall–Kier alpha value is -0.900. The van der Waals surface area contributed by atoms with E-state index >= 15 is 0 Å². The molecular formula is C15H22N2OS. The van der Waals surface area contributed by atoms with Crippen LogP contribution in [0.25, 0.3) is 0 Å². The van der Waals surface area contributed by atoms with Crippen LogP contribution in [0.2, 0.25) is 0 Å². The lowest BCUT2D eigenvalue weighted by Gasteiger charge is -2.44. The number of thiazole rings is 1. The summed E-state index contributed by atoms with van der Waals surface area (Å²) in [6.45, 7) is 3.85. The number of anilines is 1. The van der Waals surface area contributed by atoms with Crippen molar-refractivity contribution in [2.45, 2.75) is 51.9 Å². The number of hydrogen-bond donors (Lipinski definition) is 0. The molecule has 104 valence electrons. The van der Waals surface area contributed by atoms with Gasteiger partial charge in [0.15, 0.2) is 10.9 Å². The Balaban J connectivity index is 1.64. The Labute approximate surface area is 119 Å². The molecule has 0 atom stereocenters. The minimum Gasteiger partial charge on any atom is -0.348 e. The van der Waals surface area contributed by atoms with Gasteiger partial charge in [-0.2, -0.15) is 0 Å². The second-order valence-electron chi connectivity index (χ2n) is 6.11. The minimum absolute atomic E-state index is 0.129. The third kappa shape index (κ3) is 2.69. The fraction of sp³-hybridized carbons (Fsp3) is 0.733. The summed E-state index contributed by atoms with van der Waals surface area (Å²) in [6, 6.07) is 0. The summed E-state index contributed by atoms with van der Waals surface area (Å²) in [7, 11) is 0. The first-order chi connectivity index (χ1) is 9.19. The highest BCUT2D eigenvalue weighted by molar-refractivity contribution is 7.17. The Morgan fingerprint density at radius 2 is 1.89 bits per heavy atom. The van der Waals surface area contributed by atoms with E-state index in [9.17, 15) is 4.79 Å². The maximum Gasteiger partial charge on any atom is 0.185 e. The summed E-state index contributed by atoms with van der Waals surface area (Å²) in [5.74, 6) is 0.129. The largest absolute Gasteiger partial charge is 0.348 e. The Morgan fingerprint density at radius 3 is 2.47 bits per heavy atom. The van der Waals surface area contributed by atoms with Crippen molar-refractivity contribution in [3.8, 4) is 0 Å². The summed E-state index contributed by atoms with van der Waals surface area (Å²) >= 11 is 1.55. The fourth-order valence-electron chi connectivity index (χ4n) is 3.55. The summed E-state index contributed by atoms with van der Waals surface area (Å²) in [5.41, 5.74) is 0.634. The molecule has 19 heavy (non-hydrogen) atoms. The topological polar surface area (TPSA) is 33.2 Å². The monoisotopic (exact) mass is 278 g/mol. The number of rotatable bonds is 2. The number of carbonyl (C=O) groups is 1. The summed E-state index contributed by atoms with van der Waals surface area (Å²) in [6.07, 6.45) is 11.5. The minimum atomic E-state index is 0.129. The van der Waals surface area contributed by atoms with E-state index in [-0.39, 0.29) is 5.78 Å².